The van der Waals surface area contributed by atoms with Gasteiger partial charge in [0.1, 0.15) is 5.54 Å². The van der Waals surface area contributed by atoms with Crippen LogP contribution in [0.15, 0.2) is 36.4 Å². The lowest BCUT2D eigenvalue weighted by Crippen LogP contribution is -2.54. The molecule has 184 valence electrons. The number of hydrogen-bond acceptors (Lipinski definition) is 7. The molecule has 0 saturated carbocycles. The number of halogens is 1. The van der Waals surface area contributed by atoms with Crippen LogP contribution in [0.1, 0.15) is 18.1 Å². The molecule has 0 bridgehead atoms. The number of amides is 3. The molecule has 35 heavy (non-hydrogen) atoms. The molecule has 2 fully saturated rings. The van der Waals surface area contributed by atoms with E-state index < -0.39 is 47.2 Å². The van der Waals surface area contributed by atoms with Crippen LogP contribution in [0.2, 0.25) is 5.02 Å². The fourth-order valence-corrected chi connectivity index (χ4v) is 5.92. The Labute approximate surface area is 207 Å². The van der Waals surface area contributed by atoms with E-state index in [0.29, 0.717) is 34.2 Å². The summed E-state index contributed by atoms with van der Waals surface area (Å²) in [5.41, 5.74) is 0.296. The van der Waals surface area contributed by atoms with Crippen LogP contribution < -0.4 is 20.1 Å². The van der Waals surface area contributed by atoms with Crippen LogP contribution in [-0.4, -0.2) is 60.6 Å². The van der Waals surface area contributed by atoms with Gasteiger partial charge in [-0.2, -0.15) is 0 Å². The lowest BCUT2D eigenvalue weighted by atomic mass is 9.76. The average molecular weight is 500 g/mol. The van der Waals surface area contributed by atoms with Crippen LogP contribution in [0.25, 0.3) is 0 Å². The molecule has 3 aliphatic heterocycles. The highest BCUT2D eigenvalue weighted by Crippen LogP contribution is 2.54. The van der Waals surface area contributed by atoms with Crippen molar-refractivity contribution in [3.8, 4) is 11.5 Å². The zero-order valence-electron chi connectivity index (χ0n) is 19.5. The number of anilines is 1. The molecule has 3 heterocycles. The largest absolute Gasteiger partial charge is 0.493 e. The summed E-state index contributed by atoms with van der Waals surface area (Å²) in [6.07, 6.45) is -0.577. The molecule has 1 spiro atoms. The number of para-hydroxylation sites is 1. The number of fused-ring (bicyclic) bond motifs is 4. The summed E-state index contributed by atoms with van der Waals surface area (Å²) >= 11 is 6.32. The molecule has 2 aromatic rings. The van der Waals surface area contributed by atoms with Crippen molar-refractivity contribution in [1.82, 2.24) is 10.2 Å². The average Bonchev–Trinajstić information content (AvgIpc) is 3.43. The number of imide groups is 1. The first-order valence-electron chi connectivity index (χ1n) is 11.4. The number of methoxy groups -OCH3 is 2. The summed E-state index contributed by atoms with van der Waals surface area (Å²) in [4.78, 5) is 41.8. The number of carbonyl (C=O) groups excluding carboxylic acids is 3. The monoisotopic (exact) mass is 499 g/mol. The van der Waals surface area contributed by atoms with E-state index in [1.165, 1.54) is 12.0 Å². The van der Waals surface area contributed by atoms with Gasteiger partial charge in [-0.25, -0.2) is 0 Å². The fraction of sp³-hybridized carbons (Fsp3) is 0.400. The van der Waals surface area contributed by atoms with Gasteiger partial charge in [0, 0.05) is 18.2 Å². The highest BCUT2D eigenvalue weighted by atomic mass is 35.5. The van der Waals surface area contributed by atoms with Crippen LogP contribution >= 0.6 is 11.6 Å². The van der Waals surface area contributed by atoms with Crippen LogP contribution in [0.3, 0.4) is 0 Å². The number of likely N-dealkylation sites (tertiary alicyclic amines) is 1. The third-order valence-corrected chi connectivity index (χ3v) is 7.63. The second-order valence-corrected chi connectivity index (χ2v) is 9.51. The maximum atomic E-state index is 13.7. The fourth-order valence-electron chi connectivity index (χ4n) is 5.69. The molecule has 3 N–H and O–H groups in total. The number of nitrogens with one attached hydrogen (secondary N) is 2. The summed E-state index contributed by atoms with van der Waals surface area (Å²) in [7, 11) is 3.08. The first-order valence-corrected chi connectivity index (χ1v) is 11.7. The van der Waals surface area contributed by atoms with E-state index in [9.17, 15) is 19.5 Å². The molecular weight excluding hydrogens is 474 g/mol. The molecular formula is C25H26ClN3O6. The number of rotatable bonds is 6. The maximum Gasteiger partial charge on any atom is 0.250 e. The molecule has 5 atom stereocenters. The van der Waals surface area contributed by atoms with Gasteiger partial charge in [-0.3, -0.25) is 24.6 Å². The second-order valence-electron chi connectivity index (χ2n) is 9.11. The molecule has 0 radical (unpaired) electrons. The van der Waals surface area contributed by atoms with Gasteiger partial charge in [-0.1, -0.05) is 29.8 Å². The molecule has 9 nitrogen and oxygen atoms in total. The minimum atomic E-state index is -1.49. The third-order valence-electron chi connectivity index (χ3n) is 7.32. The lowest BCUT2D eigenvalue weighted by Gasteiger charge is -2.30. The number of hydrogen-bond donors (Lipinski definition) is 3. The number of aliphatic hydroxyl groups excluding tert-OH is 1. The van der Waals surface area contributed by atoms with Crippen molar-refractivity contribution in [2.24, 2.45) is 11.8 Å². The van der Waals surface area contributed by atoms with Crippen molar-refractivity contribution < 1.29 is 29.0 Å². The third kappa shape index (κ3) is 3.33. The predicted molar refractivity (Wildman–Crippen MR) is 127 cm³/mol. The molecule has 10 heteroatoms. The van der Waals surface area contributed by atoms with E-state index in [4.69, 9.17) is 21.1 Å². The minimum Gasteiger partial charge on any atom is -0.493 e. The Kier molecular flexibility index (Phi) is 5.74. The van der Waals surface area contributed by atoms with E-state index in [2.05, 4.69) is 10.6 Å². The van der Waals surface area contributed by atoms with Gasteiger partial charge in [-0.15, -0.1) is 0 Å². The molecule has 2 aromatic carbocycles. The summed E-state index contributed by atoms with van der Waals surface area (Å²) in [5.74, 6) is -2.06. The molecule has 2 saturated heterocycles. The summed E-state index contributed by atoms with van der Waals surface area (Å²) in [6.45, 7) is 1.68. The van der Waals surface area contributed by atoms with Crippen LogP contribution in [0, 0.1) is 11.8 Å². The highest BCUT2D eigenvalue weighted by Gasteiger charge is 2.71. The smallest absolute Gasteiger partial charge is 0.250 e. The Morgan fingerprint density at radius 3 is 2.54 bits per heavy atom. The minimum absolute atomic E-state index is 0.132. The topological polar surface area (TPSA) is 117 Å². The summed E-state index contributed by atoms with van der Waals surface area (Å²) in [5, 5.41) is 16.8. The van der Waals surface area contributed by atoms with Crippen LogP contribution in [-0.2, 0) is 26.3 Å². The van der Waals surface area contributed by atoms with Gasteiger partial charge in [0.2, 0.25) is 17.7 Å². The van der Waals surface area contributed by atoms with E-state index in [0.717, 1.165) is 5.56 Å². The second kappa shape index (κ2) is 8.51. The van der Waals surface area contributed by atoms with Gasteiger partial charge in [0.25, 0.3) is 0 Å². The van der Waals surface area contributed by atoms with Crippen molar-refractivity contribution in [3.05, 3.63) is 52.5 Å². The number of ether oxygens (including phenoxy) is 2. The number of aliphatic hydroxyl groups is 1. The van der Waals surface area contributed by atoms with Crippen LogP contribution in [0.5, 0.6) is 11.5 Å². The first kappa shape index (κ1) is 23.6. The van der Waals surface area contributed by atoms with Crippen molar-refractivity contribution in [2.75, 3.05) is 26.1 Å². The van der Waals surface area contributed by atoms with Gasteiger partial charge >= 0.3 is 0 Å². The van der Waals surface area contributed by atoms with E-state index >= 15 is 0 Å². The molecule has 5 rings (SSSR count). The van der Waals surface area contributed by atoms with Gasteiger partial charge in [0.05, 0.1) is 42.9 Å². The Hall–Kier alpha value is -3.14. The predicted octanol–water partition coefficient (Wildman–Crippen LogP) is 1.70. The quantitative estimate of drug-likeness (QED) is 0.518. The zero-order chi connectivity index (χ0) is 25.1. The standard InChI is InChI=1S/C25H26ClN3O6/c1-12(30)20-18-19(25(28-20)14-5-4-6-15(26)21(14)27-24(25)33)23(32)29(22(18)31)10-9-13-7-8-16(34-2)17(11-13)35-3/h4-8,11-12,18-20,28,30H,9-10H2,1-3H3,(H,27,33). The van der Waals surface area contributed by atoms with Gasteiger partial charge in [0.15, 0.2) is 11.5 Å². The van der Waals surface area contributed by atoms with E-state index in [1.807, 2.05) is 6.07 Å². The van der Waals surface area contributed by atoms with Gasteiger partial charge in [-0.05, 0) is 37.1 Å². The lowest BCUT2D eigenvalue weighted by molar-refractivity contribution is -0.143. The number of benzene rings is 2. The normalized spacial score (nSPS) is 27.7. The van der Waals surface area contributed by atoms with Crippen molar-refractivity contribution in [2.45, 2.75) is 31.0 Å². The van der Waals surface area contributed by atoms with Crippen molar-refractivity contribution in [3.63, 3.8) is 0 Å². The Balaban J connectivity index is 1.49. The SMILES string of the molecule is COc1ccc(CCN2C(=O)C3C(C(C)O)NC4(C(=O)Nc5c(Cl)cccc54)C3C2=O)cc1OC. The van der Waals surface area contributed by atoms with Crippen molar-refractivity contribution in [1.29, 1.82) is 0 Å². The Morgan fingerprint density at radius 1 is 1.11 bits per heavy atom. The van der Waals surface area contributed by atoms with Crippen LogP contribution in [0.4, 0.5) is 5.69 Å². The summed E-state index contributed by atoms with van der Waals surface area (Å²) < 4.78 is 10.6. The molecule has 3 amide bonds. The Morgan fingerprint density at radius 2 is 1.86 bits per heavy atom. The van der Waals surface area contributed by atoms with E-state index in [1.54, 1.807) is 44.4 Å². The molecule has 0 aromatic heterocycles. The first-order chi connectivity index (χ1) is 16.7. The maximum absolute atomic E-state index is 13.7. The molecule has 5 unspecified atom stereocenters. The summed E-state index contributed by atoms with van der Waals surface area (Å²) in [6, 6.07) is 9.70. The number of carbonyl (C=O) groups is 3. The Bertz CT molecular complexity index is 1230. The number of nitrogens with zero attached hydrogens (tertiary/aromatic N) is 1. The van der Waals surface area contributed by atoms with E-state index in [-0.39, 0.29) is 6.54 Å². The molecule has 3 aliphatic rings. The highest BCUT2D eigenvalue weighted by molar-refractivity contribution is 6.35. The van der Waals surface area contributed by atoms with Gasteiger partial charge < -0.3 is 19.9 Å². The zero-order valence-corrected chi connectivity index (χ0v) is 20.3. The van der Waals surface area contributed by atoms with Crippen molar-refractivity contribution >= 4 is 35.0 Å². The molecule has 0 aliphatic carbocycles.